The van der Waals surface area contributed by atoms with Crippen LogP contribution < -0.4 is 15.2 Å². The summed E-state index contributed by atoms with van der Waals surface area (Å²) in [7, 11) is -3.03. The fourth-order valence-corrected chi connectivity index (χ4v) is 2.74. The third kappa shape index (κ3) is 3.62. The minimum absolute atomic E-state index is 0.131. The highest BCUT2D eigenvalue weighted by atomic mass is 32.2. The summed E-state index contributed by atoms with van der Waals surface area (Å²) in [6, 6.07) is 2.19. The molecule has 0 unspecified atom stereocenters. The van der Waals surface area contributed by atoms with E-state index in [0.717, 1.165) is 12.1 Å². The molecule has 0 atom stereocenters. The maximum Gasteiger partial charge on any atom is 0.273 e. The van der Waals surface area contributed by atoms with Crippen LogP contribution in [0.1, 0.15) is 5.56 Å². The molecule has 0 bridgehead atoms. The summed E-state index contributed by atoms with van der Waals surface area (Å²) in [5, 5.41) is 0. The maximum atomic E-state index is 13.7. The summed E-state index contributed by atoms with van der Waals surface area (Å²) in [5.74, 6) is -4.36. The lowest BCUT2D eigenvalue weighted by Gasteiger charge is -2.16. The number of nitrogens with one attached hydrogen (secondary N) is 1. The number of ether oxygens (including phenoxy) is 1. The lowest BCUT2D eigenvalue weighted by Crippen LogP contribution is -2.41. The van der Waals surface area contributed by atoms with Crippen LogP contribution in [-0.4, -0.2) is 34.5 Å². The number of benzene rings is 1. The molecule has 1 aromatic rings. The lowest BCUT2D eigenvalue weighted by molar-refractivity contribution is 0.0170. The third-order valence-corrected chi connectivity index (χ3v) is 4.18. The first-order valence-corrected chi connectivity index (χ1v) is 7.03. The van der Waals surface area contributed by atoms with Crippen molar-refractivity contribution in [2.24, 2.45) is 5.73 Å². The Morgan fingerprint density at radius 2 is 2.00 bits per heavy atom. The first-order valence-electron chi connectivity index (χ1n) is 5.55. The summed E-state index contributed by atoms with van der Waals surface area (Å²) in [4.78, 5) is -0.427. The van der Waals surface area contributed by atoms with Gasteiger partial charge in [0.1, 0.15) is 0 Å². The highest BCUT2D eigenvalue weighted by Gasteiger charge is 2.30. The van der Waals surface area contributed by atoms with Gasteiger partial charge in [0, 0.05) is 5.56 Å². The molecule has 0 aliphatic rings. The van der Waals surface area contributed by atoms with Gasteiger partial charge in [-0.3, -0.25) is 0 Å². The molecular weight excluding hydrogens is 297 g/mol. The van der Waals surface area contributed by atoms with Crippen molar-refractivity contribution in [1.82, 2.24) is 4.72 Å². The van der Waals surface area contributed by atoms with Crippen LogP contribution in [0.5, 0.6) is 5.75 Å². The molecule has 0 fully saturated rings. The first kappa shape index (κ1) is 16.7. The molecular formula is C11H15F3N2O3S. The summed E-state index contributed by atoms with van der Waals surface area (Å²) < 4.78 is 69.8. The van der Waals surface area contributed by atoms with E-state index in [2.05, 4.69) is 0 Å². The Morgan fingerprint density at radius 3 is 2.50 bits per heavy atom. The topological polar surface area (TPSA) is 81.4 Å². The smallest absolute Gasteiger partial charge is 0.273 e. The second-order valence-corrected chi connectivity index (χ2v) is 5.82. The van der Waals surface area contributed by atoms with Gasteiger partial charge in [-0.2, -0.15) is 0 Å². The highest BCUT2D eigenvalue weighted by Crippen LogP contribution is 2.26. The quantitative estimate of drug-likeness (QED) is 0.821. The zero-order chi connectivity index (χ0) is 15.6. The molecule has 114 valence electrons. The van der Waals surface area contributed by atoms with E-state index in [4.69, 9.17) is 10.5 Å². The van der Waals surface area contributed by atoms with Crippen LogP contribution in [0.15, 0.2) is 17.0 Å². The van der Waals surface area contributed by atoms with Gasteiger partial charge in [0.25, 0.3) is 5.92 Å². The van der Waals surface area contributed by atoms with E-state index in [1.807, 2.05) is 0 Å². The molecule has 0 saturated heterocycles. The second-order valence-electron chi connectivity index (χ2n) is 4.09. The maximum absolute atomic E-state index is 13.7. The summed E-state index contributed by atoms with van der Waals surface area (Å²) in [5.41, 5.74) is 4.59. The van der Waals surface area contributed by atoms with Crippen molar-refractivity contribution in [1.29, 1.82) is 0 Å². The van der Waals surface area contributed by atoms with Crippen molar-refractivity contribution >= 4 is 10.0 Å². The van der Waals surface area contributed by atoms with Gasteiger partial charge < -0.3 is 10.5 Å². The van der Waals surface area contributed by atoms with Crippen LogP contribution in [0.4, 0.5) is 13.2 Å². The molecule has 1 aromatic carbocycles. The highest BCUT2D eigenvalue weighted by molar-refractivity contribution is 7.89. The average molecular weight is 312 g/mol. The molecule has 0 heterocycles. The molecule has 0 saturated carbocycles. The van der Waals surface area contributed by atoms with E-state index in [-0.39, 0.29) is 11.3 Å². The van der Waals surface area contributed by atoms with E-state index in [0.29, 0.717) is 0 Å². The zero-order valence-corrected chi connectivity index (χ0v) is 11.7. The van der Waals surface area contributed by atoms with E-state index >= 15 is 0 Å². The molecule has 9 heteroatoms. The minimum atomic E-state index is -4.26. The Morgan fingerprint density at radius 1 is 1.40 bits per heavy atom. The predicted molar refractivity (Wildman–Crippen MR) is 66.9 cm³/mol. The summed E-state index contributed by atoms with van der Waals surface area (Å²) in [6.45, 7) is -0.933. The number of nitrogens with two attached hydrogens (primary N) is 1. The number of sulfonamides is 1. The Hall–Kier alpha value is -1.32. The van der Waals surface area contributed by atoms with Gasteiger partial charge in [0.2, 0.25) is 10.0 Å². The van der Waals surface area contributed by atoms with Gasteiger partial charge in [-0.15, -0.1) is 0 Å². The van der Waals surface area contributed by atoms with Gasteiger partial charge in [0.05, 0.1) is 25.1 Å². The molecule has 0 aliphatic heterocycles. The largest absolute Gasteiger partial charge is 0.494 e. The number of methoxy groups -OCH3 is 1. The second kappa shape index (κ2) is 5.98. The minimum Gasteiger partial charge on any atom is -0.494 e. The lowest BCUT2D eigenvalue weighted by atomic mass is 10.2. The first-order chi connectivity index (χ1) is 9.14. The molecule has 20 heavy (non-hydrogen) atoms. The normalized spacial score (nSPS) is 12.5. The number of alkyl halides is 2. The van der Waals surface area contributed by atoms with Crippen molar-refractivity contribution in [2.75, 3.05) is 20.2 Å². The van der Waals surface area contributed by atoms with Crippen molar-refractivity contribution in [3.05, 3.63) is 23.5 Å². The van der Waals surface area contributed by atoms with E-state index in [1.54, 1.807) is 4.72 Å². The van der Waals surface area contributed by atoms with Crippen LogP contribution in [-0.2, 0) is 10.0 Å². The van der Waals surface area contributed by atoms with Crippen molar-refractivity contribution < 1.29 is 26.3 Å². The van der Waals surface area contributed by atoms with Crippen LogP contribution in [0, 0.1) is 12.7 Å². The molecule has 0 aliphatic carbocycles. The van der Waals surface area contributed by atoms with Gasteiger partial charge in [0.15, 0.2) is 11.6 Å². The SMILES string of the molecule is COc1ccc(S(=O)(=O)NCC(F)(F)CN)c(C)c1F. The molecule has 3 N–H and O–H groups in total. The zero-order valence-electron chi connectivity index (χ0n) is 10.9. The van der Waals surface area contributed by atoms with E-state index < -0.39 is 39.7 Å². The van der Waals surface area contributed by atoms with Gasteiger partial charge >= 0.3 is 0 Å². The number of rotatable bonds is 6. The Bertz CT molecular complexity index is 591. The standard InChI is InChI=1S/C11H15F3N2O3S/c1-7-9(4-3-8(19-2)10(7)12)20(17,18)16-6-11(13,14)5-15/h3-4,16H,5-6,15H2,1-2H3. The van der Waals surface area contributed by atoms with Crippen LogP contribution in [0.2, 0.25) is 0 Å². The monoisotopic (exact) mass is 312 g/mol. The number of hydrogen-bond acceptors (Lipinski definition) is 4. The van der Waals surface area contributed by atoms with Crippen LogP contribution in [0.3, 0.4) is 0 Å². The Labute approximate surface area is 115 Å². The molecule has 0 radical (unpaired) electrons. The van der Waals surface area contributed by atoms with Gasteiger partial charge in [-0.05, 0) is 19.1 Å². The van der Waals surface area contributed by atoms with E-state index in [1.165, 1.54) is 14.0 Å². The summed E-state index contributed by atoms with van der Waals surface area (Å²) in [6.07, 6.45) is 0. The van der Waals surface area contributed by atoms with Crippen molar-refractivity contribution in [3.8, 4) is 5.75 Å². The number of hydrogen-bond donors (Lipinski definition) is 2. The molecule has 0 amide bonds. The fourth-order valence-electron chi connectivity index (χ4n) is 1.44. The van der Waals surface area contributed by atoms with Crippen LogP contribution in [0.25, 0.3) is 0 Å². The number of halogens is 3. The molecule has 0 aromatic heterocycles. The Kier molecular flexibility index (Phi) is 5.00. The molecule has 0 spiro atoms. The predicted octanol–water partition coefficient (Wildman–Crippen LogP) is 1.02. The van der Waals surface area contributed by atoms with Crippen LogP contribution >= 0.6 is 0 Å². The van der Waals surface area contributed by atoms with E-state index in [9.17, 15) is 21.6 Å². The van der Waals surface area contributed by atoms with Gasteiger partial charge in [-0.1, -0.05) is 0 Å². The average Bonchev–Trinajstić information content (AvgIpc) is 2.39. The Balaban J connectivity index is 3.08. The molecule has 5 nitrogen and oxygen atoms in total. The molecule has 1 rings (SSSR count). The van der Waals surface area contributed by atoms with Crippen molar-refractivity contribution in [2.45, 2.75) is 17.7 Å². The summed E-state index contributed by atoms with van der Waals surface area (Å²) >= 11 is 0. The fraction of sp³-hybridized carbons (Fsp3) is 0.455. The van der Waals surface area contributed by atoms with Crippen molar-refractivity contribution in [3.63, 3.8) is 0 Å². The van der Waals surface area contributed by atoms with Gasteiger partial charge in [-0.25, -0.2) is 26.3 Å². The third-order valence-electron chi connectivity index (χ3n) is 2.63.